The van der Waals surface area contributed by atoms with Crippen LogP contribution >= 0.6 is 38.5 Å². The maximum absolute atomic E-state index is 12.5. The van der Waals surface area contributed by atoms with Gasteiger partial charge in [0.05, 0.1) is 4.47 Å². The summed E-state index contributed by atoms with van der Waals surface area (Å²) < 4.78 is 25.7. The molecular weight excluding hydrogens is 317 g/mol. The zero-order chi connectivity index (χ0) is 7.72. The number of halogens is 4. The third-order valence-electron chi connectivity index (χ3n) is 0.949. The molecular formula is C6H2BrF2I. The fourth-order valence-electron chi connectivity index (χ4n) is 0.525. The van der Waals surface area contributed by atoms with E-state index in [-0.39, 0.29) is 4.47 Å². The van der Waals surface area contributed by atoms with Gasteiger partial charge >= 0.3 is 0 Å². The quantitative estimate of drug-likeness (QED) is 0.391. The zero-order valence-corrected chi connectivity index (χ0v) is 8.41. The van der Waals surface area contributed by atoms with Gasteiger partial charge < -0.3 is 0 Å². The van der Waals surface area contributed by atoms with Crippen LogP contribution in [0.25, 0.3) is 0 Å². The lowest BCUT2D eigenvalue weighted by molar-refractivity contribution is 0.503. The summed E-state index contributed by atoms with van der Waals surface area (Å²) in [5, 5.41) is 0. The van der Waals surface area contributed by atoms with Crippen LogP contribution in [0.15, 0.2) is 16.6 Å². The van der Waals surface area contributed by atoms with E-state index in [1.807, 2.05) is 22.6 Å². The molecule has 0 spiro atoms. The van der Waals surface area contributed by atoms with Gasteiger partial charge in [-0.2, -0.15) is 0 Å². The van der Waals surface area contributed by atoms with Crippen molar-refractivity contribution in [1.29, 1.82) is 0 Å². The van der Waals surface area contributed by atoms with Gasteiger partial charge in [0, 0.05) is 3.57 Å². The van der Waals surface area contributed by atoms with E-state index in [2.05, 4.69) is 15.9 Å². The van der Waals surface area contributed by atoms with E-state index in [0.29, 0.717) is 3.57 Å². The average molecular weight is 319 g/mol. The van der Waals surface area contributed by atoms with Crippen LogP contribution < -0.4 is 0 Å². The molecule has 0 bridgehead atoms. The Balaban J connectivity index is 3.31. The molecule has 10 heavy (non-hydrogen) atoms. The Labute approximate surface area is 78.9 Å². The first-order chi connectivity index (χ1) is 4.61. The first kappa shape index (κ1) is 8.39. The molecule has 0 radical (unpaired) electrons. The minimum absolute atomic E-state index is 0.164. The lowest BCUT2D eigenvalue weighted by Crippen LogP contribution is -1.85. The largest absolute Gasteiger partial charge is 0.204 e. The summed E-state index contributed by atoms with van der Waals surface area (Å²) in [6.45, 7) is 0. The molecule has 0 heterocycles. The fraction of sp³-hybridized carbons (Fsp3) is 0. The highest BCUT2D eigenvalue weighted by atomic mass is 127. The second-order valence-electron chi connectivity index (χ2n) is 1.68. The molecule has 0 aliphatic heterocycles. The Morgan fingerprint density at radius 2 is 1.90 bits per heavy atom. The van der Waals surface area contributed by atoms with Crippen LogP contribution in [0, 0.1) is 15.2 Å². The van der Waals surface area contributed by atoms with Crippen molar-refractivity contribution in [2.24, 2.45) is 0 Å². The molecule has 0 amide bonds. The SMILES string of the molecule is Fc1cc(I)cc(Br)c1F. The Morgan fingerprint density at radius 3 is 2.40 bits per heavy atom. The van der Waals surface area contributed by atoms with Crippen molar-refractivity contribution in [3.63, 3.8) is 0 Å². The van der Waals surface area contributed by atoms with Crippen LogP contribution in [-0.2, 0) is 0 Å². The van der Waals surface area contributed by atoms with E-state index in [1.165, 1.54) is 6.07 Å². The summed E-state index contributed by atoms with van der Waals surface area (Å²) in [6, 6.07) is 2.65. The summed E-state index contributed by atoms with van der Waals surface area (Å²) in [5.41, 5.74) is 0. The third kappa shape index (κ3) is 1.66. The summed E-state index contributed by atoms with van der Waals surface area (Å²) >= 11 is 4.79. The van der Waals surface area contributed by atoms with Gasteiger partial charge in [0.2, 0.25) is 0 Å². The van der Waals surface area contributed by atoms with E-state index >= 15 is 0 Å². The molecule has 0 saturated heterocycles. The fourth-order valence-corrected chi connectivity index (χ4v) is 1.97. The topological polar surface area (TPSA) is 0 Å². The smallest absolute Gasteiger partial charge is 0.173 e. The first-order valence-electron chi connectivity index (χ1n) is 2.41. The molecule has 1 rings (SSSR count). The van der Waals surface area contributed by atoms with Crippen molar-refractivity contribution in [2.75, 3.05) is 0 Å². The molecule has 4 heteroatoms. The standard InChI is InChI=1S/C6H2BrF2I/c7-4-1-3(10)2-5(8)6(4)9/h1-2H. The molecule has 0 aromatic heterocycles. The van der Waals surface area contributed by atoms with Crippen molar-refractivity contribution in [3.05, 3.63) is 31.8 Å². The van der Waals surface area contributed by atoms with Crippen LogP contribution in [0.2, 0.25) is 0 Å². The third-order valence-corrected chi connectivity index (χ3v) is 2.15. The van der Waals surface area contributed by atoms with Crippen LogP contribution in [0.5, 0.6) is 0 Å². The highest BCUT2D eigenvalue weighted by molar-refractivity contribution is 14.1. The maximum atomic E-state index is 12.5. The Hall–Kier alpha value is 0.290. The number of hydrogen-bond donors (Lipinski definition) is 0. The highest BCUT2D eigenvalue weighted by Gasteiger charge is 2.06. The molecule has 0 nitrogen and oxygen atoms in total. The number of benzene rings is 1. The van der Waals surface area contributed by atoms with Crippen LogP contribution in [-0.4, -0.2) is 0 Å². The van der Waals surface area contributed by atoms with E-state index in [0.717, 1.165) is 6.07 Å². The van der Waals surface area contributed by atoms with Gasteiger partial charge in [0.25, 0.3) is 0 Å². The van der Waals surface area contributed by atoms with Crippen molar-refractivity contribution < 1.29 is 8.78 Å². The molecule has 54 valence electrons. The van der Waals surface area contributed by atoms with Gasteiger partial charge in [0.1, 0.15) is 0 Å². The van der Waals surface area contributed by atoms with Crippen molar-refractivity contribution in [1.82, 2.24) is 0 Å². The molecule has 0 unspecified atom stereocenters. The van der Waals surface area contributed by atoms with Crippen LogP contribution in [0.4, 0.5) is 8.78 Å². The second kappa shape index (κ2) is 3.13. The lowest BCUT2D eigenvalue weighted by Gasteiger charge is -1.95. The molecule has 1 aromatic rings. The Morgan fingerprint density at radius 1 is 1.30 bits per heavy atom. The molecule has 0 atom stereocenters. The normalized spacial score (nSPS) is 10.0. The molecule has 0 fully saturated rings. The molecule has 0 saturated carbocycles. The molecule has 0 N–H and O–H groups in total. The van der Waals surface area contributed by atoms with Crippen LogP contribution in [0.1, 0.15) is 0 Å². The molecule has 1 aromatic carbocycles. The van der Waals surface area contributed by atoms with Gasteiger partial charge in [-0.05, 0) is 50.7 Å². The van der Waals surface area contributed by atoms with Gasteiger partial charge in [-0.25, -0.2) is 8.78 Å². The predicted octanol–water partition coefficient (Wildman–Crippen LogP) is 3.33. The molecule has 0 aliphatic carbocycles. The Kier molecular flexibility index (Phi) is 2.62. The Bertz CT molecular complexity index is 239. The monoisotopic (exact) mass is 318 g/mol. The summed E-state index contributed by atoms with van der Waals surface area (Å²) in [6.07, 6.45) is 0. The minimum Gasteiger partial charge on any atom is -0.204 e. The van der Waals surface area contributed by atoms with E-state index in [9.17, 15) is 8.78 Å². The van der Waals surface area contributed by atoms with Gasteiger partial charge in [-0.3, -0.25) is 0 Å². The van der Waals surface area contributed by atoms with Crippen molar-refractivity contribution in [3.8, 4) is 0 Å². The number of hydrogen-bond acceptors (Lipinski definition) is 0. The summed E-state index contributed by atoms with van der Waals surface area (Å²) in [4.78, 5) is 0. The lowest BCUT2D eigenvalue weighted by atomic mass is 10.3. The predicted molar refractivity (Wildman–Crippen MR) is 46.8 cm³/mol. The zero-order valence-electron chi connectivity index (χ0n) is 4.67. The van der Waals surface area contributed by atoms with Gasteiger partial charge in [0.15, 0.2) is 11.6 Å². The number of rotatable bonds is 0. The highest BCUT2D eigenvalue weighted by Crippen LogP contribution is 2.20. The van der Waals surface area contributed by atoms with Gasteiger partial charge in [-0.1, -0.05) is 0 Å². The van der Waals surface area contributed by atoms with E-state index in [1.54, 1.807) is 0 Å². The van der Waals surface area contributed by atoms with Crippen LogP contribution in [0.3, 0.4) is 0 Å². The van der Waals surface area contributed by atoms with Crippen molar-refractivity contribution in [2.45, 2.75) is 0 Å². The average Bonchev–Trinajstić information content (AvgIpc) is 1.82. The molecule has 0 aliphatic rings. The first-order valence-corrected chi connectivity index (χ1v) is 4.28. The summed E-state index contributed by atoms with van der Waals surface area (Å²) in [7, 11) is 0. The summed E-state index contributed by atoms with van der Waals surface area (Å²) in [5.74, 6) is -1.65. The van der Waals surface area contributed by atoms with Gasteiger partial charge in [-0.15, -0.1) is 0 Å². The van der Waals surface area contributed by atoms with E-state index < -0.39 is 11.6 Å². The van der Waals surface area contributed by atoms with E-state index in [4.69, 9.17) is 0 Å². The minimum atomic E-state index is -0.833. The maximum Gasteiger partial charge on any atom is 0.173 e. The second-order valence-corrected chi connectivity index (χ2v) is 3.78. The van der Waals surface area contributed by atoms with Crippen molar-refractivity contribution >= 4 is 38.5 Å².